The first kappa shape index (κ1) is 28.7. The largest absolute Gasteiger partial charge is 0.324 e. The van der Waals surface area contributed by atoms with E-state index in [1.165, 1.54) is 20.7 Å². The molecule has 0 saturated carbocycles. The quantitative estimate of drug-likeness (QED) is 0.280. The Labute approximate surface area is 260 Å². The van der Waals surface area contributed by atoms with Gasteiger partial charge in [-0.1, -0.05) is 52.1 Å². The van der Waals surface area contributed by atoms with Gasteiger partial charge in [-0.05, 0) is 54.1 Å². The van der Waals surface area contributed by atoms with Gasteiger partial charge in [0.25, 0.3) is 0 Å². The predicted octanol–water partition coefficient (Wildman–Crippen LogP) is 4.54. The lowest BCUT2D eigenvalue weighted by Crippen LogP contribution is -2.60. The highest BCUT2D eigenvalue weighted by Gasteiger charge is 2.39. The molecule has 5 aromatic rings. The zero-order valence-corrected chi connectivity index (χ0v) is 24.9. The van der Waals surface area contributed by atoms with E-state index < -0.39 is 23.8 Å². The molecule has 0 spiro atoms. The second kappa shape index (κ2) is 11.7. The number of hydrogen-bond acceptors (Lipinski definition) is 6. The summed E-state index contributed by atoms with van der Waals surface area (Å²) in [7, 11) is 1.82. The summed E-state index contributed by atoms with van der Waals surface area (Å²) in [4.78, 5) is 43.8. The fourth-order valence-electron chi connectivity index (χ4n) is 5.05. The third kappa shape index (κ3) is 6.05. The summed E-state index contributed by atoms with van der Waals surface area (Å²) in [5.41, 5.74) is 2.91. The van der Waals surface area contributed by atoms with Crippen LogP contribution < -0.4 is 10.2 Å². The van der Waals surface area contributed by atoms with Crippen LogP contribution in [0.5, 0.6) is 0 Å². The number of carbonyl (C=O) groups excluding carboxylic acids is 3. The molecule has 14 heteroatoms. The molecular weight excluding hydrogens is 615 g/mol. The topological polar surface area (TPSA) is 118 Å². The lowest BCUT2D eigenvalue weighted by Gasteiger charge is -2.38. The number of nitrogens with zero attached hydrogens (tertiary/aromatic N) is 7. The molecule has 3 aromatic carbocycles. The number of rotatable bonds is 7. The van der Waals surface area contributed by atoms with E-state index in [-0.39, 0.29) is 24.7 Å². The summed E-state index contributed by atoms with van der Waals surface area (Å²) in [6.07, 6.45) is 3.48. The first-order valence-electron chi connectivity index (χ1n) is 13.1. The van der Waals surface area contributed by atoms with Crippen molar-refractivity contribution in [3.63, 3.8) is 0 Å². The monoisotopic (exact) mass is 636 g/mol. The summed E-state index contributed by atoms with van der Waals surface area (Å²) >= 11 is 18.3. The molecule has 1 aliphatic rings. The van der Waals surface area contributed by atoms with Crippen molar-refractivity contribution in [1.29, 1.82) is 0 Å². The SMILES string of the molecule is Cn1cc2cc(NC(=O)C(Cc3ccc(Cl)cc3)N3CC(=O)N(c4cc(Cl)ccc4-n4cc(Cl)nn4)CC3=O)ccc2n1. The van der Waals surface area contributed by atoms with Crippen LogP contribution in [0.4, 0.5) is 11.4 Å². The average molecular weight is 638 g/mol. The van der Waals surface area contributed by atoms with E-state index in [0.717, 1.165) is 16.5 Å². The molecule has 1 fully saturated rings. The van der Waals surface area contributed by atoms with Crippen LogP contribution in [-0.2, 0) is 27.9 Å². The Bertz CT molecular complexity index is 1870. The van der Waals surface area contributed by atoms with Crippen molar-refractivity contribution in [3.05, 3.63) is 93.8 Å². The van der Waals surface area contributed by atoms with E-state index in [2.05, 4.69) is 20.7 Å². The second-order valence-electron chi connectivity index (χ2n) is 10.0. The molecule has 11 nitrogen and oxygen atoms in total. The lowest BCUT2D eigenvalue weighted by molar-refractivity contribution is -0.143. The zero-order valence-electron chi connectivity index (χ0n) is 22.6. The lowest BCUT2D eigenvalue weighted by atomic mass is 10.0. The number of piperazine rings is 1. The summed E-state index contributed by atoms with van der Waals surface area (Å²) in [6.45, 7) is -0.656. The van der Waals surface area contributed by atoms with E-state index in [9.17, 15) is 14.4 Å². The van der Waals surface area contributed by atoms with Gasteiger partial charge in [0.15, 0.2) is 5.15 Å². The van der Waals surface area contributed by atoms with Crippen LogP contribution in [0.3, 0.4) is 0 Å². The number of halogens is 3. The van der Waals surface area contributed by atoms with E-state index in [4.69, 9.17) is 34.8 Å². The number of anilines is 2. The van der Waals surface area contributed by atoms with Crippen molar-refractivity contribution in [3.8, 4) is 5.69 Å². The molecule has 0 radical (unpaired) electrons. The van der Waals surface area contributed by atoms with Crippen LogP contribution in [0.2, 0.25) is 15.2 Å². The van der Waals surface area contributed by atoms with Crippen molar-refractivity contribution in [1.82, 2.24) is 29.7 Å². The van der Waals surface area contributed by atoms with Crippen molar-refractivity contribution < 1.29 is 14.4 Å². The fourth-order valence-corrected chi connectivity index (χ4v) is 5.46. The molecule has 43 heavy (non-hydrogen) atoms. The number of aryl methyl sites for hydroxylation is 1. The summed E-state index contributed by atoms with van der Waals surface area (Å²) in [5, 5.41) is 17.0. The van der Waals surface area contributed by atoms with Gasteiger partial charge < -0.3 is 10.2 Å². The summed E-state index contributed by atoms with van der Waals surface area (Å²) in [6, 6.07) is 16.2. The fraction of sp³-hybridized carbons (Fsp3) is 0.172. The molecule has 1 atom stereocenters. The minimum absolute atomic E-state index is 0.159. The molecule has 1 N–H and O–H groups in total. The Morgan fingerprint density at radius 1 is 0.907 bits per heavy atom. The van der Waals surface area contributed by atoms with Gasteiger partial charge in [0.1, 0.15) is 19.1 Å². The third-order valence-corrected chi connectivity index (χ3v) is 7.73. The highest BCUT2D eigenvalue weighted by molar-refractivity contribution is 6.31. The number of carbonyl (C=O) groups is 3. The molecule has 1 unspecified atom stereocenters. The normalized spacial score (nSPS) is 14.4. The van der Waals surface area contributed by atoms with Crippen molar-refractivity contribution in [2.45, 2.75) is 12.5 Å². The number of nitrogens with one attached hydrogen (secondary N) is 1. The third-order valence-electron chi connectivity index (χ3n) is 7.07. The van der Waals surface area contributed by atoms with E-state index in [1.807, 2.05) is 19.3 Å². The van der Waals surface area contributed by atoms with E-state index >= 15 is 0 Å². The van der Waals surface area contributed by atoms with Gasteiger partial charge in [0.2, 0.25) is 17.7 Å². The molecule has 2 aromatic heterocycles. The van der Waals surface area contributed by atoms with Crippen LogP contribution in [0.15, 0.2) is 73.1 Å². The molecule has 0 bridgehead atoms. The maximum Gasteiger partial charge on any atom is 0.247 e. The van der Waals surface area contributed by atoms with E-state index in [0.29, 0.717) is 27.1 Å². The molecule has 1 saturated heterocycles. The standard InChI is InChI=1S/C29H23Cl3N8O3/c1-37-13-18-11-21(7-8-22(18)35-37)33-29(43)25(10-17-2-4-19(30)5-3-17)39-16-27(41)38(15-28(39)42)24-12-20(31)6-9-23(24)40-14-26(32)34-36-40/h2-9,11-14,25H,10,15-16H2,1H3,(H,33,43). The minimum atomic E-state index is -0.989. The number of benzene rings is 3. The summed E-state index contributed by atoms with van der Waals surface area (Å²) < 4.78 is 3.08. The minimum Gasteiger partial charge on any atom is -0.324 e. The maximum absolute atomic E-state index is 13.8. The molecule has 218 valence electrons. The summed E-state index contributed by atoms with van der Waals surface area (Å²) in [5.74, 6) is -1.26. The first-order chi connectivity index (χ1) is 20.6. The molecule has 0 aliphatic carbocycles. The first-order valence-corrected chi connectivity index (χ1v) is 14.2. The number of aromatic nitrogens is 5. The Morgan fingerprint density at radius 3 is 2.42 bits per heavy atom. The van der Waals surface area contributed by atoms with Crippen LogP contribution in [0.25, 0.3) is 16.6 Å². The molecule has 6 rings (SSSR count). The van der Waals surface area contributed by atoms with Crippen molar-refractivity contribution >= 4 is 74.8 Å². The van der Waals surface area contributed by atoms with Gasteiger partial charge in [-0.15, -0.1) is 5.10 Å². The number of fused-ring (bicyclic) bond motifs is 1. The Morgan fingerprint density at radius 2 is 1.67 bits per heavy atom. The van der Waals surface area contributed by atoms with Gasteiger partial charge in [-0.2, -0.15) is 5.10 Å². The molecular formula is C29H23Cl3N8O3. The number of hydrogen-bond donors (Lipinski definition) is 1. The van der Waals surface area contributed by atoms with Crippen LogP contribution >= 0.6 is 34.8 Å². The number of amides is 3. The maximum atomic E-state index is 13.8. The smallest absolute Gasteiger partial charge is 0.247 e. The highest BCUT2D eigenvalue weighted by atomic mass is 35.5. The molecule has 3 heterocycles. The van der Waals surface area contributed by atoms with Gasteiger partial charge in [0.05, 0.1) is 23.1 Å². The Hall–Kier alpha value is -4.45. The average Bonchev–Trinajstić information content (AvgIpc) is 3.57. The zero-order chi connectivity index (χ0) is 30.2. The predicted molar refractivity (Wildman–Crippen MR) is 164 cm³/mol. The highest BCUT2D eigenvalue weighted by Crippen LogP contribution is 2.30. The van der Waals surface area contributed by atoms with Gasteiger partial charge >= 0.3 is 0 Å². The van der Waals surface area contributed by atoms with Gasteiger partial charge in [-0.3, -0.25) is 24.0 Å². The van der Waals surface area contributed by atoms with Crippen molar-refractivity contribution in [2.24, 2.45) is 7.05 Å². The Balaban J connectivity index is 1.29. The van der Waals surface area contributed by atoms with Crippen LogP contribution in [0, 0.1) is 0 Å². The molecule has 3 amide bonds. The van der Waals surface area contributed by atoms with Crippen LogP contribution in [-0.4, -0.2) is 66.5 Å². The molecule has 1 aliphatic heterocycles. The van der Waals surface area contributed by atoms with Crippen molar-refractivity contribution in [2.75, 3.05) is 23.3 Å². The van der Waals surface area contributed by atoms with Crippen LogP contribution in [0.1, 0.15) is 5.56 Å². The second-order valence-corrected chi connectivity index (χ2v) is 11.3. The Kier molecular flexibility index (Phi) is 7.78. The van der Waals surface area contributed by atoms with Gasteiger partial charge in [0, 0.05) is 40.8 Å². The van der Waals surface area contributed by atoms with E-state index in [1.54, 1.807) is 59.3 Å². The van der Waals surface area contributed by atoms with Gasteiger partial charge in [-0.25, -0.2) is 4.68 Å².